The molecule has 0 saturated heterocycles. The first-order valence-electron chi connectivity index (χ1n) is 8.63. The number of aromatic nitrogens is 2. The minimum Gasteiger partial charge on any atom is -0.495 e. The molecule has 0 spiro atoms. The number of nitrogens with zero attached hydrogens (tertiary/aromatic N) is 3. The Labute approximate surface area is 149 Å². The monoisotopic (exact) mass is 342 g/mol. The highest BCUT2D eigenvalue weighted by Gasteiger charge is 2.13. The Bertz CT molecular complexity index is 695. The van der Waals surface area contributed by atoms with E-state index in [0.717, 1.165) is 37.3 Å². The van der Waals surface area contributed by atoms with Gasteiger partial charge < -0.3 is 15.0 Å². The van der Waals surface area contributed by atoms with Crippen LogP contribution in [0.4, 0.5) is 11.5 Å². The first kappa shape index (κ1) is 18.7. The van der Waals surface area contributed by atoms with Gasteiger partial charge in [0.15, 0.2) is 11.5 Å². The molecule has 0 saturated carbocycles. The number of hydrogen-bond acceptors (Lipinski definition) is 5. The summed E-state index contributed by atoms with van der Waals surface area (Å²) in [5, 5.41) is 11.2. The second-order valence-corrected chi connectivity index (χ2v) is 5.92. The zero-order valence-electron chi connectivity index (χ0n) is 15.4. The van der Waals surface area contributed by atoms with Crippen molar-refractivity contribution in [3.05, 3.63) is 41.6 Å². The van der Waals surface area contributed by atoms with Crippen LogP contribution in [0.2, 0.25) is 0 Å². The van der Waals surface area contributed by atoms with Crippen LogP contribution in [-0.2, 0) is 0 Å². The van der Waals surface area contributed by atoms with Crippen molar-refractivity contribution in [2.75, 3.05) is 30.4 Å². The zero-order chi connectivity index (χ0) is 18.2. The maximum Gasteiger partial charge on any atom is 0.276 e. The minimum atomic E-state index is -0.305. The number of rotatable bonds is 8. The SMILES string of the molecule is CCCN(CCC)c1ccc(C(=O)Nc2cc(C)ccc2OC)nn1. The molecule has 0 unspecified atom stereocenters. The molecule has 1 amide bonds. The topological polar surface area (TPSA) is 67.4 Å². The van der Waals surface area contributed by atoms with Gasteiger partial charge in [-0.05, 0) is 49.6 Å². The second-order valence-electron chi connectivity index (χ2n) is 5.92. The molecule has 1 heterocycles. The third kappa shape index (κ3) is 4.92. The number of methoxy groups -OCH3 is 1. The van der Waals surface area contributed by atoms with Crippen molar-refractivity contribution < 1.29 is 9.53 Å². The normalized spacial score (nSPS) is 10.4. The van der Waals surface area contributed by atoms with Gasteiger partial charge in [0.05, 0.1) is 12.8 Å². The predicted molar refractivity (Wildman–Crippen MR) is 101 cm³/mol. The fourth-order valence-corrected chi connectivity index (χ4v) is 2.60. The zero-order valence-corrected chi connectivity index (χ0v) is 15.4. The lowest BCUT2D eigenvalue weighted by atomic mass is 10.2. The summed E-state index contributed by atoms with van der Waals surface area (Å²) in [7, 11) is 1.57. The van der Waals surface area contributed by atoms with E-state index in [1.807, 2.05) is 31.2 Å². The molecule has 0 atom stereocenters. The average molecular weight is 342 g/mol. The van der Waals surface area contributed by atoms with E-state index in [9.17, 15) is 4.79 Å². The van der Waals surface area contributed by atoms with Crippen LogP contribution in [0.3, 0.4) is 0 Å². The summed E-state index contributed by atoms with van der Waals surface area (Å²) in [5.41, 5.74) is 1.93. The molecule has 0 fully saturated rings. The van der Waals surface area contributed by atoms with Gasteiger partial charge in [-0.3, -0.25) is 4.79 Å². The van der Waals surface area contributed by atoms with Crippen molar-refractivity contribution in [2.45, 2.75) is 33.6 Å². The van der Waals surface area contributed by atoms with Crippen LogP contribution in [0.15, 0.2) is 30.3 Å². The number of ether oxygens (including phenoxy) is 1. The van der Waals surface area contributed by atoms with Gasteiger partial charge in [0.1, 0.15) is 5.75 Å². The highest BCUT2D eigenvalue weighted by molar-refractivity contribution is 6.03. The van der Waals surface area contributed by atoms with E-state index in [1.165, 1.54) is 0 Å². The van der Waals surface area contributed by atoms with Gasteiger partial charge in [-0.15, -0.1) is 10.2 Å². The van der Waals surface area contributed by atoms with Crippen molar-refractivity contribution in [1.29, 1.82) is 0 Å². The van der Waals surface area contributed by atoms with Crippen molar-refractivity contribution in [3.8, 4) is 5.75 Å². The summed E-state index contributed by atoms with van der Waals surface area (Å²) in [6, 6.07) is 9.17. The summed E-state index contributed by atoms with van der Waals surface area (Å²) >= 11 is 0. The lowest BCUT2D eigenvalue weighted by Crippen LogP contribution is -2.26. The Hall–Kier alpha value is -2.63. The standard InChI is InChI=1S/C19H26N4O2/c1-5-11-23(12-6-2)18-10-8-15(21-22-18)19(24)20-16-13-14(3)7-9-17(16)25-4/h7-10,13H,5-6,11-12H2,1-4H3,(H,20,24). The maximum absolute atomic E-state index is 12.4. The molecule has 1 N–H and O–H groups in total. The molecular weight excluding hydrogens is 316 g/mol. The van der Waals surface area contributed by atoms with Gasteiger partial charge >= 0.3 is 0 Å². The molecule has 1 aromatic carbocycles. The summed E-state index contributed by atoms with van der Waals surface area (Å²) in [4.78, 5) is 14.6. The second kappa shape index (κ2) is 9.01. The Kier molecular flexibility index (Phi) is 6.74. The van der Waals surface area contributed by atoms with E-state index in [0.29, 0.717) is 11.4 Å². The van der Waals surface area contributed by atoms with Gasteiger partial charge in [0, 0.05) is 13.1 Å². The summed E-state index contributed by atoms with van der Waals surface area (Å²) in [5.74, 6) is 1.11. The fourth-order valence-electron chi connectivity index (χ4n) is 2.60. The molecule has 0 radical (unpaired) electrons. The molecule has 6 heteroatoms. The van der Waals surface area contributed by atoms with Crippen LogP contribution < -0.4 is 15.0 Å². The number of carbonyl (C=O) groups is 1. The Morgan fingerprint density at radius 3 is 2.40 bits per heavy atom. The van der Waals surface area contributed by atoms with Crippen molar-refractivity contribution in [2.24, 2.45) is 0 Å². The predicted octanol–water partition coefficient (Wildman–Crippen LogP) is 3.67. The van der Waals surface area contributed by atoms with Crippen LogP contribution in [0.5, 0.6) is 5.75 Å². The Morgan fingerprint density at radius 2 is 1.84 bits per heavy atom. The van der Waals surface area contributed by atoms with Crippen LogP contribution in [0, 0.1) is 6.92 Å². The lowest BCUT2D eigenvalue weighted by Gasteiger charge is -2.21. The van der Waals surface area contributed by atoms with Crippen molar-refractivity contribution >= 4 is 17.4 Å². The molecular formula is C19H26N4O2. The number of aryl methyl sites for hydroxylation is 1. The van der Waals surface area contributed by atoms with E-state index < -0.39 is 0 Å². The van der Waals surface area contributed by atoms with Crippen molar-refractivity contribution in [3.63, 3.8) is 0 Å². The van der Waals surface area contributed by atoms with E-state index in [1.54, 1.807) is 13.2 Å². The van der Waals surface area contributed by atoms with Crippen molar-refractivity contribution in [1.82, 2.24) is 10.2 Å². The number of benzene rings is 1. The van der Waals surface area contributed by atoms with Gasteiger partial charge in [-0.2, -0.15) is 0 Å². The third-order valence-corrected chi connectivity index (χ3v) is 3.80. The first-order chi connectivity index (χ1) is 12.1. The average Bonchev–Trinajstić information content (AvgIpc) is 2.62. The molecule has 0 aliphatic rings. The molecule has 1 aromatic heterocycles. The molecule has 2 aromatic rings. The van der Waals surface area contributed by atoms with Crippen LogP contribution in [0.25, 0.3) is 0 Å². The molecule has 0 aliphatic carbocycles. The molecule has 0 aliphatic heterocycles. The maximum atomic E-state index is 12.4. The Balaban J connectivity index is 2.14. The summed E-state index contributed by atoms with van der Waals surface area (Å²) < 4.78 is 5.28. The quantitative estimate of drug-likeness (QED) is 0.793. The summed E-state index contributed by atoms with van der Waals surface area (Å²) in [6.45, 7) is 8.07. The number of hydrogen-bond donors (Lipinski definition) is 1. The summed E-state index contributed by atoms with van der Waals surface area (Å²) in [6.07, 6.45) is 2.08. The lowest BCUT2D eigenvalue weighted by molar-refractivity contribution is 0.102. The fraction of sp³-hybridized carbons (Fsp3) is 0.421. The van der Waals surface area contributed by atoms with Gasteiger partial charge in [0.2, 0.25) is 0 Å². The Morgan fingerprint density at radius 1 is 1.12 bits per heavy atom. The number of amides is 1. The number of carbonyl (C=O) groups excluding carboxylic acids is 1. The number of nitrogens with one attached hydrogen (secondary N) is 1. The molecule has 25 heavy (non-hydrogen) atoms. The largest absolute Gasteiger partial charge is 0.495 e. The highest BCUT2D eigenvalue weighted by atomic mass is 16.5. The molecule has 2 rings (SSSR count). The molecule has 6 nitrogen and oxygen atoms in total. The van der Waals surface area contributed by atoms with Gasteiger partial charge in [0.25, 0.3) is 5.91 Å². The van der Waals surface area contributed by atoms with Crippen LogP contribution >= 0.6 is 0 Å². The van der Waals surface area contributed by atoms with E-state index in [4.69, 9.17) is 4.74 Å². The van der Waals surface area contributed by atoms with Crippen LogP contribution in [-0.4, -0.2) is 36.3 Å². The minimum absolute atomic E-state index is 0.278. The van der Waals surface area contributed by atoms with E-state index in [2.05, 4.69) is 34.3 Å². The third-order valence-electron chi connectivity index (χ3n) is 3.80. The first-order valence-corrected chi connectivity index (χ1v) is 8.63. The molecule has 134 valence electrons. The number of anilines is 2. The van der Waals surface area contributed by atoms with Gasteiger partial charge in [-0.1, -0.05) is 19.9 Å². The smallest absolute Gasteiger partial charge is 0.276 e. The molecule has 0 bridgehead atoms. The van der Waals surface area contributed by atoms with Crippen LogP contribution in [0.1, 0.15) is 42.7 Å². The van der Waals surface area contributed by atoms with Gasteiger partial charge in [-0.25, -0.2) is 0 Å². The van der Waals surface area contributed by atoms with E-state index >= 15 is 0 Å². The highest BCUT2D eigenvalue weighted by Crippen LogP contribution is 2.25. The van der Waals surface area contributed by atoms with E-state index in [-0.39, 0.29) is 11.6 Å².